The standard InChI is InChI=1S/C12H20O2/c1-4-14-12(7-5-6-8-12)11(13)9-10(2)3/h2,4-9H2,1,3H3. The van der Waals surface area contributed by atoms with Crippen LogP contribution >= 0.6 is 0 Å². The average Bonchev–Trinajstić information content (AvgIpc) is 2.53. The third-order valence-electron chi connectivity index (χ3n) is 2.80. The minimum atomic E-state index is -0.465. The molecule has 1 saturated carbocycles. The van der Waals surface area contributed by atoms with Gasteiger partial charge in [0.15, 0.2) is 5.78 Å². The lowest BCUT2D eigenvalue weighted by atomic mass is 9.92. The van der Waals surface area contributed by atoms with Crippen LogP contribution in [0.3, 0.4) is 0 Å². The van der Waals surface area contributed by atoms with Crippen LogP contribution in [-0.4, -0.2) is 18.0 Å². The molecule has 0 saturated heterocycles. The third kappa shape index (κ3) is 2.44. The van der Waals surface area contributed by atoms with Crippen molar-refractivity contribution in [3.8, 4) is 0 Å². The van der Waals surface area contributed by atoms with E-state index in [0.717, 1.165) is 31.3 Å². The van der Waals surface area contributed by atoms with Gasteiger partial charge in [0.2, 0.25) is 0 Å². The van der Waals surface area contributed by atoms with E-state index in [0.29, 0.717) is 13.0 Å². The molecule has 1 aliphatic rings. The molecule has 0 aliphatic heterocycles. The number of allylic oxidation sites excluding steroid dienone is 1. The number of rotatable bonds is 5. The number of ketones is 1. The van der Waals surface area contributed by atoms with Gasteiger partial charge < -0.3 is 4.74 Å². The fourth-order valence-corrected chi connectivity index (χ4v) is 2.16. The number of hydrogen-bond acceptors (Lipinski definition) is 2. The minimum absolute atomic E-state index is 0.226. The Morgan fingerprint density at radius 3 is 2.43 bits per heavy atom. The zero-order valence-electron chi connectivity index (χ0n) is 9.27. The molecule has 0 aromatic carbocycles. The van der Waals surface area contributed by atoms with Crippen molar-refractivity contribution in [3.63, 3.8) is 0 Å². The number of ether oxygens (including phenoxy) is 1. The highest BCUT2D eigenvalue weighted by Gasteiger charge is 2.40. The van der Waals surface area contributed by atoms with Gasteiger partial charge in [-0.05, 0) is 39.5 Å². The highest BCUT2D eigenvalue weighted by atomic mass is 16.5. The van der Waals surface area contributed by atoms with Gasteiger partial charge in [-0.2, -0.15) is 0 Å². The van der Waals surface area contributed by atoms with Crippen LogP contribution in [0.4, 0.5) is 0 Å². The number of carbonyl (C=O) groups is 1. The molecule has 0 N–H and O–H groups in total. The van der Waals surface area contributed by atoms with Crippen LogP contribution in [-0.2, 0) is 9.53 Å². The van der Waals surface area contributed by atoms with Gasteiger partial charge in [-0.25, -0.2) is 0 Å². The molecule has 2 nitrogen and oxygen atoms in total. The molecule has 1 aliphatic carbocycles. The Hall–Kier alpha value is -0.630. The molecule has 0 heterocycles. The topological polar surface area (TPSA) is 26.3 Å². The Bertz CT molecular complexity index is 224. The molecule has 1 rings (SSSR count). The van der Waals surface area contributed by atoms with E-state index in [-0.39, 0.29) is 5.78 Å². The molecule has 80 valence electrons. The molecule has 14 heavy (non-hydrogen) atoms. The average molecular weight is 196 g/mol. The molecule has 2 heteroatoms. The summed E-state index contributed by atoms with van der Waals surface area (Å²) in [4.78, 5) is 12.0. The van der Waals surface area contributed by atoms with Crippen LogP contribution in [0.5, 0.6) is 0 Å². The summed E-state index contributed by atoms with van der Waals surface area (Å²) in [7, 11) is 0. The number of hydrogen-bond donors (Lipinski definition) is 0. The highest BCUT2D eigenvalue weighted by Crippen LogP contribution is 2.35. The molecule has 0 radical (unpaired) electrons. The van der Waals surface area contributed by atoms with E-state index in [1.54, 1.807) is 0 Å². The summed E-state index contributed by atoms with van der Waals surface area (Å²) in [6.45, 7) is 8.26. The van der Waals surface area contributed by atoms with E-state index in [4.69, 9.17) is 4.74 Å². The van der Waals surface area contributed by atoms with E-state index < -0.39 is 5.60 Å². The summed E-state index contributed by atoms with van der Waals surface area (Å²) >= 11 is 0. The summed E-state index contributed by atoms with van der Waals surface area (Å²) in [6, 6.07) is 0. The first-order chi connectivity index (χ1) is 6.60. The van der Waals surface area contributed by atoms with E-state index in [9.17, 15) is 4.79 Å². The summed E-state index contributed by atoms with van der Waals surface area (Å²) in [5.74, 6) is 0.226. The summed E-state index contributed by atoms with van der Waals surface area (Å²) < 4.78 is 5.66. The Morgan fingerprint density at radius 1 is 1.43 bits per heavy atom. The summed E-state index contributed by atoms with van der Waals surface area (Å²) in [5.41, 5.74) is 0.467. The Kier molecular flexibility index (Phi) is 3.87. The van der Waals surface area contributed by atoms with Crippen molar-refractivity contribution in [2.45, 2.75) is 51.6 Å². The van der Waals surface area contributed by atoms with Gasteiger partial charge >= 0.3 is 0 Å². The largest absolute Gasteiger partial charge is 0.367 e. The Morgan fingerprint density at radius 2 is 2.00 bits per heavy atom. The van der Waals surface area contributed by atoms with Crippen LogP contribution in [0.2, 0.25) is 0 Å². The molecule has 0 aromatic heterocycles. The van der Waals surface area contributed by atoms with Crippen molar-refractivity contribution in [1.82, 2.24) is 0 Å². The molecule has 0 bridgehead atoms. The van der Waals surface area contributed by atoms with E-state index in [1.165, 1.54) is 0 Å². The van der Waals surface area contributed by atoms with Crippen LogP contribution in [0, 0.1) is 0 Å². The molecular formula is C12H20O2. The molecule has 1 fully saturated rings. The van der Waals surface area contributed by atoms with E-state index in [1.807, 2.05) is 13.8 Å². The lowest BCUT2D eigenvalue weighted by Crippen LogP contribution is -2.38. The predicted octanol–water partition coefficient (Wildman–Crippen LogP) is 2.87. The van der Waals surface area contributed by atoms with E-state index in [2.05, 4.69) is 6.58 Å². The molecule has 0 aromatic rings. The van der Waals surface area contributed by atoms with Gasteiger partial charge in [-0.1, -0.05) is 12.2 Å². The smallest absolute Gasteiger partial charge is 0.168 e. The Balaban J connectivity index is 2.66. The monoisotopic (exact) mass is 196 g/mol. The van der Waals surface area contributed by atoms with Crippen LogP contribution in [0.25, 0.3) is 0 Å². The number of Topliss-reactive ketones (excluding diaryl/α,β-unsaturated/α-hetero) is 1. The maximum absolute atomic E-state index is 12.0. The second-order valence-corrected chi connectivity index (χ2v) is 4.19. The van der Waals surface area contributed by atoms with Crippen molar-refractivity contribution in [1.29, 1.82) is 0 Å². The number of carbonyl (C=O) groups excluding carboxylic acids is 1. The van der Waals surface area contributed by atoms with Crippen LogP contribution < -0.4 is 0 Å². The van der Waals surface area contributed by atoms with Gasteiger partial charge in [0, 0.05) is 13.0 Å². The van der Waals surface area contributed by atoms with Crippen molar-refractivity contribution < 1.29 is 9.53 Å². The molecule has 0 amide bonds. The molecule has 0 unspecified atom stereocenters. The fraction of sp³-hybridized carbons (Fsp3) is 0.750. The first kappa shape index (κ1) is 11.4. The summed E-state index contributed by atoms with van der Waals surface area (Å²) in [6.07, 6.45) is 4.49. The van der Waals surface area contributed by atoms with Gasteiger partial charge in [0.05, 0.1) is 0 Å². The lowest BCUT2D eigenvalue weighted by Gasteiger charge is -2.27. The Labute approximate surface area is 86.3 Å². The quantitative estimate of drug-likeness (QED) is 0.632. The van der Waals surface area contributed by atoms with Gasteiger partial charge in [0.25, 0.3) is 0 Å². The van der Waals surface area contributed by atoms with Crippen molar-refractivity contribution >= 4 is 5.78 Å². The second-order valence-electron chi connectivity index (χ2n) is 4.19. The van der Waals surface area contributed by atoms with Gasteiger partial charge in [-0.15, -0.1) is 0 Å². The predicted molar refractivity (Wildman–Crippen MR) is 57.3 cm³/mol. The highest BCUT2D eigenvalue weighted by molar-refractivity contribution is 5.89. The molecule has 0 atom stereocenters. The molecular weight excluding hydrogens is 176 g/mol. The maximum Gasteiger partial charge on any atom is 0.168 e. The lowest BCUT2D eigenvalue weighted by molar-refractivity contribution is -0.142. The van der Waals surface area contributed by atoms with Gasteiger partial charge in [0.1, 0.15) is 5.60 Å². The second kappa shape index (κ2) is 4.74. The first-order valence-corrected chi connectivity index (χ1v) is 5.42. The fourth-order valence-electron chi connectivity index (χ4n) is 2.16. The van der Waals surface area contributed by atoms with E-state index >= 15 is 0 Å². The zero-order chi connectivity index (χ0) is 10.6. The van der Waals surface area contributed by atoms with Gasteiger partial charge in [-0.3, -0.25) is 4.79 Å². The normalized spacial score (nSPS) is 19.6. The first-order valence-electron chi connectivity index (χ1n) is 5.42. The van der Waals surface area contributed by atoms with Crippen LogP contribution in [0.1, 0.15) is 46.0 Å². The van der Waals surface area contributed by atoms with Crippen molar-refractivity contribution in [3.05, 3.63) is 12.2 Å². The minimum Gasteiger partial charge on any atom is -0.367 e. The third-order valence-corrected chi connectivity index (χ3v) is 2.80. The van der Waals surface area contributed by atoms with Crippen LogP contribution in [0.15, 0.2) is 12.2 Å². The van der Waals surface area contributed by atoms with Crippen molar-refractivity contribution in [2.24, 2.45) is 0 Å². The summed E-state index contributed by atoms with van der Waals surface area (Å²) in [5, 5.41) is 0. The molecule has 0 spiro atoms. The SMILES string of the molecule is C=C(C)CC(=O)C1(OCC)CCCC1. The van der Waals surface area contributed by atoms with Crippen molar-refractivity contribution in [2.75, 3.05) is 6.61 Å². The zero-order valence-corrected chi connectivity index (χ0v) is 9.27. The maximum atomic E-state index is 12.0.